The van der Waals surface area contributed by atoms with Crippen molar-refractivity contribution in [1.82, 2.24) is 20.5 Å². The van der Waals surface area contributed by atoms with Crippen LogP contribution in [0.5, 0.6) is 0 Å². The van der Waals surface area contributed by atoms with Crippen LogP contribution < -0.4 is 11.1 Å². The van der Waals surface area contributed by atoms with Crippen molar-refractivity contribution >= 4 is 23.1 Å². The van der Waals surface area contributed by atoms with E-state index >= 15 is 0 Å². The highest BCUT2D eigenvalue weighted by molar-refractivity contribution is 7.80. The fourth-order valence-electron chi connectivity index (χ4n) is 0.938. The Balaban J connectivity index is 2.26. The van der Waals surface area contributed by atoms with Crippen LogP contribution in [0.25, 0.3) is 0 Å². The molecule has 0 fully saturated rings. The number of hydrogen-bond acceptors (Lipinski definition) is 4. The molecule has 1 aromatic rings. The van der Waals surface area contributed by atoms with Crippen molar-refractivity contribution in [3.63, 3.8) is 0 Å². The smallest absolute Gasteiger partial charge is 0.229 e. The summed E-state index contributed by atoms with van der Waals surface area (Å²) in [7, 11) is 0. The molecule has 1 amide bonds. The molecule has 0 aliphatic carbocycles. The number of nitrogens with two attached hydrogens (primary N) is 1. The number of carbonyl (C=O) groups is 1. The van der Waals surface area contributed by atoms with E-state index in [4.69, 9.17) is 18.0 Å². The van der Waals surface area contributed by atoms with Crippen molar-refractivity contribution in [1.29, 1.82) is 0 Å². The fourth-order valence-corrected chi connectivity index (χ4v) is 1.04. The second-order valence-electron chi connectivity index (χ2n) is 3.10. The quantitative estimate of drug-likeness (QED) is 0.583. The normalized spacial score (nSPS) is 12.1. The van der Waals surface area contributed by atoms with Crippen molar-refractivity contribution in [2.75, 3.05) is 6.54 Å². The average molecular weight is 227 g/mol. The molecule has 0 radical (unpaired) electrons. The Morgan fingerprint density at radius 2 is 2.53 bits per heavy atom. The molecule has 1 rings (SSSR count). The van der Waals surface area contributed by atoms with Crippen LogP contribution in [-0.2, 0) is 11.2 Å². The molecular formula is C8H13N5OS. The molecule has 82 valence electrons. The zero-order chi connectivity index (χ0) is 11.3. The predicted molar refractivity (Wildman–Crippen MR) is 59.0 cm³/mol. The third kappa shape index (κ3) is 3.62. The highest BCUT2D eigenvalue weighted by atomic mass is 32.1. The van der Waals surface area contributed by atoms with E-state index in [1.165, 1.54) is 6.33 Å². The van der Waals surface area contributed by atoms with Gasteiger partial charge < -0.3 is 11.1 Å². The van der Waals surface area contributed by atoms with Crippen molar-refractivity contribution in [3.8, 4) is 0 Å². The van der Waals surface area contributed by atoms with Crippen LogP contribution in [0.1, 0.15) is 12.7 Å². The van der Waals surface area contributed by atoms with E-state index < -0.39 is 5.92 Å². The van der Waals surface area contributed by atoms with Gasteiger partial charge in [-0.1, -0.05) is 12.2 Å². The van der Waals surface area contributed by atoms with E-state index in [0.717, 1.165) is 5.82 Å². The zero-order valence-electron chi connectivity index (χ0n) is 8.36. The summed E-state index contributed by atoms with van der Waals surface area (Å²) < 4.78 is 0. The molecule has 0 spiro atoms. The van der Waals surface area contributed by atoms with Gasteiger partial charge in [0.15, 0.2) is 0 Å². The van der Waals surface area contributed by atoms with Gasteiger partial charge in [-0.3, -0.25) is 9.89 Å². The molecule has 4 N–H and O–H groups in total. The number of carbonyl (C=O) groups excluding carboxylic acids is 1. The van der Waals surface area contributed by atoms with Gasteiger partial charge in [0.25, 0.3) is 0 Å². The molecule has 0 aromatic carbocycles. The Bertz CT molecular complexity index is 337. The SMILES string of the molecule is CC(C(=O)NCCc1ncn[nH]1)C(N)=S. The van der Waals surface area contributed by atoms with E-state index in [2.05, 4.69) is 20.5 Å². The first-order chi connectivity index (χ1) is 7.11. The third-order valence-electron chi connectivity index (χ3n) is 1.95. The number of thiocarbonyl (C=S) groups is 1. The van der Waals surface area contributed by atoms with E-state index in [9.17, 15) is 4.79 Å². The zero-order valence-corrected chi connectivity index (χ0v) is 9.17. The first-order valence-electron chi connectivity index (χ1n) is 4.52. The number of amides is 1. The highest BCUT2D eigenvalue weighted by Crippen LogP contribution is 1.94. The van der Waals surface area contributed by atoms with Gasteiger partial charge in [-0.25, -0.2) is 4.98 Å². The number of nitrogens with one attached hydrogen (secondary N) is 2. The van der Waals surface area contributed by atoms with Gasteiger partial charge in [0.05, 0.1) is 10.9 Å². The van der Waals surface area contributed by atoms with Crippen LogP contribution in [0.3, 0.4) is 0 Å². The molecule has 1 unspecified atom stereocenters. The molecule has 1 aromatic heterocycles. The van der Waals surface area contributed by atoms with Crippen LogP contribution in [0.15, 0.2) is 6.33 Å². The van der Waals surface area contributed by atoms with Gasteiger partial charge in [0.1, 0.15) is 12.2 Å². The van der Waals surface area contributed by atoms with Gasteiger partial charge in [-0.05, 0) is 6.92 Å². The molecule has 1 atom stereocenters. The summed E-state index contributed by atoms with van der Waals surface area (Å²) in [5.74, 6) is 0.134. The molecular weight excluding hydrogens is 214 g/mol. The van der Waals surface area contributed by atoms with E-state index in [-0.39, 0.29) is 10.9 Å². The summed E-state index contributed by atoms with van der Waals surface area (Å²) in [6, 6.07) is 0. The summed E-state index contributed by atoms with van der Waals surface area (Å²) in [6.07, 6.45) is 2.03. The molecule has 1 heterocycles. The van der Waals surface area contributed by atoms with E-state index in [0.29, 0.717) is 13.0 Å². The van der Waals surface area contributed by atoms with Crippen LogP contribution in [0.4, 0.5) is 0 Å². The minimum atomic E-state index is -0.435. The number of hydrogen-bond donors (Lipinski definition) is 3. The average Bonchev–Trinajstić information content (AvgIpc) is 2.69. The van der Waals surface area contributed by atoms with Gasteiger partial charge in [-0.15, -0.1) is 0 Å². The van der Waals surface area contributed by atoms with Crippen LogP contribution in [0.2, 0.25) is 0 Å². The van der Waals surface area contributed by atoms with Crippen molar-refractivity contribution in [2.24, 2.45) is 11.7 Å². The number of nitrogens with zero attached hydrogens (tertiary/aromatic N) is 2. The minimum absolute atomic E-state index is 0.165. The van der Waals surface area contributed by atoms with Crippen molar-refractivity contribution in [3.05, 3.63) is 12.2 Å². The van der Waals surface area contributed by atoms with Gasteiger partial charge in [0.2, 0.25) is 5.91 Å². The number of rotatable bonds is 5. The fraction of sp³-hybridized carbons (Fsp3) is 0.500. The van der Waals surface area contributed by atoms with E-state index in [1.807, 2.05) is 0 Å². The summed E-state index contributed by atoms with van der Waals surface area (Å²) >= 11 is 4.71. The molecule has 15 heavy (non-hydrogen) atoms. The maximum Gasteiger partial charge on any atom is 0.229 e. The molecule has 0 saturated carbocycles. The number of aromatic nitrogens is 3. The Morgan fingerprint density at radius 3 is 3.07 bits per heavy atom. The molecule has 0 aliphatic rings. The minimum Gasteiger partial charge on any atom is -0.393 e. The van der Waals surface area contributed by atoms with Crippen LogP contribution in [-0.4, -0.2) is 32.6 Å². The summed E-state index contributed by atoms with van der Waals surface area (Å²) in [5, 5.41) is 9.10. The largest absolute Gasteiger partial charge is 0.393 e. The Hall–Kier alpha value is -1.50. The highest BCUT2D eigenvalue weighted by Gasteiger charge is 2.14. The first-order valence-corrected chi connectivity index (χ1v) is 4.93. The molecule has 0 aliphatic heterocycles. The van der Waals surface area contributed by atoms with Crippen molar-refractivity contribution < 1.29 is 4.79 Å². The maximum atomic E-state index is 11.4. The first kappa shape index (κ1) is 11.6. The van der Waals surface area contributed by atoms with Gasteiger partial charge >= 0.3 is 0 Å². The van der Waals surface area contributed by atoms with Gasteiger partial charge in [-0.2, -0.15) is 5.10 Å². The summed E-state index contributed by atoms with van der Waals surface area (Å²) in [4.78, 5) is 15.5. The van der Waals surface area contributed by atoms with Gasteiger partial charge in [0, 0.05) is 13.0 Å². The lowest BCUT2D eigenvalue weighted by molar-refractivity contribution is -0.122. The summed E-state index contributed by atoms with van der Waals surface area (Å²) in [6.45, 7) is 2.16. The van der Waals surface area contributed by atoms with Crippen LogP contribution in [0, 0.1) is 5.92 Å². The second-order valence-corrected chi connectivity index (χ2v) is 3.57. The molecule has 7 heteroatoms. The Kier molecular flexibility index (Phi) is 4.17. The molecule has 0 bridgehead atoms. The van der Waals surface area contributed by atoms with E-state index in [1.54, 1.807) is 6.92 Å². The predicted octanol–water partition coefficient (Wildman–Crippen LogP) is -0.614. The lowest BCUT2D eigenvalue weighted by atomic mass is 10.1. The Labute approximate surface area is 92.6 Å². The maximum absolute atomic E-state index is 11.4. The van der Waals surface area contributed by atoms with Crippen molar-refractivity contribution in [2.45, 2.75) is 13.3 Å². The molecule has 0 saturated heterocycles. The second kappa shape index (κ2) is 5.40. The Morgan fingerprint density at radius 1 is 1.80 bits per heavy atom. The standard InChI is InChI=1S/C8H13N5OS/c1-5(7(9)15)8(14)10-3-2-6-11-4-12-13-6/h4-5H,2-3H2,1H3,(H2,9,15)(H,10,14)(H,11,12,13). The lowest BCUT2D eigenvalue weighted by Crippen LogP contribution is -2.37. The topological polar surface area (TPSA) is 96.7 Å². The third-order valence-corrected chi connectivity index (χ3v) is 2.30. The molecule has 6 nitrogen and oxygen atoms in total. The van der Waals surface area contributed by atoms with Crippen LogP contribution >= 0.6 is 12.2 Å². The monoisotopic (exact) mass is 227 g/mol. The number of H-pyrrole nitrogens is 1. The summed E-state index contributed by atoms with van der Waals surface area (Å²) in [5.41, 5.74) is 5.35. The number of aromatic amines is 1. The lowest BCUT2D eigenvalue weighted by Gasteiger charge is -2.09.